The van der Waals surface area contributed by atoms with E-state index in [2.05, 4.69) is 19.6 Å². The summed E-state index contributed by atoms with van der Waals surface area (Å²) < 4.78 is 34.3. The summed E-state index contributed by atoms with van der Waals surface area (Å²) in [6, 6.07) is 9.06. The van der Waals surface area contributed by atoms with E-state index in [0.717, 1.165) is 41.7 Å². The highest BCUT2D eigenvalue weighted by molar-refractivity contribution is 7.92. The Labute approximate surface area is 241 Å². The zero-order chi connectivity index (χ0) is 30.3. The number of amides is 1. The van der Waals surface area contributed by atoms with Gasteiger partial charge in [-0.3, -0.25) is 14.5 Å². The Morgan fingerprint density at radius 1 is 1.17 bits per heavy atom. The lowest BCUT2D eigenvalue weighted by molar-refractivity contribution is 0.102. The van der Waals surface area contributed by atoms with Gasteiger partial charge in [-0.2, -0.15) is 0 Å². The van der Waals surface area contributed by atoms with E-state index in [1.165, 1.54) is 12.1 Å². The molecule has 3 aromatic rings. The maximum absolute atomic E-state index is 13.5. The van der Waals surface area contributed by atoms with Crippen molar-refractivity contribution in [2.75, 3.05) is 28.4 Å². The van der Waals surface area contributed by atoms with E-state index in [-0.39, 0.29) is 16.9 Å². The fourth-order valence-corrected chi connectivity index (χ4v) is 5.17. The summed E-state index contributed by atoms with van der Waals surface area (Å²) in [7, 11) is -2.19. The number of ether oxygens (including phenoxy) is 1. The average Bonchev–Trinajstić information content (AvgIpc) is 3.62. The van der Waals surface area contributed by atoms with Gasteiger partial charge in [-0.15, -0.1) is 0 Å². The Hall–Kier alpha value is -4.03. The molecule has 0 saturated heterocycles. The van der Waals surface area contributed by atoms with E-state index in [1.807, 2.05) is 34.6 Å². The summed E-state index contributed by atoms with van der Waals surface area (Å²) in [5, 5.41) is 4.29. The number of methoxy groups -OCH3 is 1. The van der Waals surface area contributed by atoms with Crippen LogP contribution in [0.4, 0.5) is 17.1 Å². The molecular formula is C29H39N7O4S. The molecule has 0 atom stereocenters. The van der Waals surface area contributed by atoms with Crippen molar-refractivity contribution < 1.29 is 17.9 Å². The predicted molar refractivity (Wildman–Crippen MR) is 163 cm³/mol. The van der Waals surface area contributed by atoms with Crippen LogP contribution in [0, 0.1) is 13.8 Å². The van der Waals surface area contributed by atoms with Crippen LogP contribution in [0.25, 0.3) is 5.70 Å². The molecule has 0 radical (unpaired) electrons. The molecule has 1 aliphatic carbocycles. The lowest BCUT2D eigenvalue weighted by Gasteiger charge is -2.24. The van der Waals surface area contributed by atoms with E-state index >= 15 is 0 Å². The van der Waals surface area contributed by atoms with Gasteiger partial charge in [-0.05, 0) is 67.5 Å². The normalized spacial score (nSPS) is 14.1. The first kappa shape index (κ1) is 29.9. The van der Waals surface area contributed by atoms with Crippen LogP contribution in [0.3, 0.4) is 0 Å². The molecule has 1 aliphatic rings. The number of aryl methyl sites for hydroxylation is 2. The molecule has 0 spiro atoms. The zero-order valence-corrected chi connectivity index (χ0v) is 25.4. The van der Waals surface area contributed by atoms with Crippen molar-refractivity contribution in [2.45, 2.75) is 58.9 Å². The number of hydrogen-bond donors (Lipinski definition) is 4. The van der Waals surface area contributed by atoms with Gasteiger partial charge in [0.05, 0.1) is 48.0 Å². The van der Waals surface area contributed by atoms with Crippen LogP contribution in [0.15, 0.2) is 42.7 Å². The highest BCUT2D eigenvalue weighted by Crippen LogP contribution is 2.40. The third-order valence-electron chi connectivity index (χ3n) is 6.92. The second-order valence-electron chi connectivity index (χ2n) is 11.5. The van der Waals surface area contributed by atoms with Crippen LogP contribution in [0.2, 0.25) is 0 Å². The molecule has 41 heavy (non-hydrogen) atoms. The van der Waals surface area contributed by atoms with Crippen LogP contribution in [-0.4, -0.2) is 37.2 Å². The number of nitrogens with zero attached hydrogens (tertiary/aromatic N) is 3. The lowest BCUT2D eigenvalue weighted by Crippen LogP contribution is -2.27. The van der Waals surface area contributed by atoms with Crippen molar-refractivity contribution in [3.05, 3.63) is 70.9 Å². The Morgan fingerprint density at radius 2 is 1.83 bits per heavy atom. The number of carbonyl (C=O) groups is 1. The number of aromatic nitrogens is 2. The highest BCUT2D eigenvalue weighted by Gasteiger charge is 2.28. The van der Waals surface area contributed by atoms with Crippen molar-refractivity contribution in [1.29, 1.82) is 0 Å². The molecule has 1 amide bonds. The third-order valence-corrected chi connectivity index (χ3v) is 7.51. The molecule has 6 N–H and O–H groups in total. The van der Waals surface area contributed by atoms with Gasteiger partial charge in [-0.1, -0.05) is 26.8 Å². The number of rotatable bonds is 9. The minimum absolute atomic E-state index is 0.197. The standard InChI is InChI=1S/C29H39N7O4S/c1-17-8-9-19(12-25(17)35(31)16-22(30)26-15-32-18(2)36(26)21-10-11-21)28(37)33-23-13-20(29(3,4)5)14-24(27(23)40-6)34-41(7,38)39/h8-9,12-16,21,34H,10-11,30-31H2,1-7H3,(H,33,37)/b22-16-. The topological polar surface area (TPSA) is 158 Å². The predicted octanol–water partition coefficient (Wildman–Crippen LogP) is 4.40. The van der Waals surface area contributed by atoms with E-state index in [1.54, 1.807) is 42.7 Å². The number of hydrazine groups is 1. The number of anilines is 3. The maximum Gasteiger partial charge on any atom is 0.255 e. The van der Waals surface area contributed by atoms with Crippen molar-refractivity contribution in [3.8, 4) is 5.75 Å². The number of imidazole rings is 1. The number of carbonyl (C=O) groups excluding carboxylic acids is 1. The van der Waals surface area contributed by atoms with Gasteiger partial charge in [0.2, 0.25) is 10.0 Å². The van der Waals surface area contributed by atoms with E-state index in [9.17, 15) is 13.2 Å². The molecule has 1 aromatic heterocycles. The Bertz CT molecular complexity index is 1620. The van der Waals surface area contributed by atoms with Gasteiger partial charge in [0, 0.05) is 17.8 Å². The second kappa shape index (κ2) is 11.1. The van der Waals surface area contributed by atoms with Gasteiger partial charge >= 0.3 is 0 Å². The molecule has 2 aromatic carbocycles. The quantitative estimate of drug-likeness (QED) is 0.214. The molecule has 1 heterocycles. The molecular weight excluding hydrogens is 542 g/mol. The number of nitrogens with one attached hydrogen (secondary N) is 2. The van der Waals surface area contributed by atoms with Crippen molar-refractivity contribution in [2.24, 2.45) is 11.6 Å². The Kier molecular flexibility index (Phi) is 8.10. The van der Waals surface area contributed by atoms with Gasteiger partial charge in [-0.25, -0.2) is 19.2 Å². The fraction of sp³-hybridized carbons (Fsp3) is 0.379. The number of sulfonamides is 1. The highest BCUT2D eigenvalue weighted by atomic mass is 32.2. The zero-order valence-electron chi connectivity index (χ0n) is 24.6. The molecule has 0 unspecified atom stereocenters. The van der Waals surface area contributed by atoms with Gasteiger partial charge < -0.3 is 20.4 Å². The number of nitrogens with two attached hydrogens (primary N) is 2. The molecule has 11 nitrogen and oxygen atoms in total. The first-order valence-electron chi connectivity index (χ1n) is 13.3. The molecule has 1 fully saturated rings. The molecule has 1 saturated carbocycles. The molecule has 12 heteroatoms. The second-order valence-corrected chi connectivity index (χ2v) is 13.2. The molecule has 0 aliphatic heterocycles. The number of hydrogen-bond acceptors (Lipinski definition) is 8. The van der Waals surface area contributed by atoms with E-state index in [0.29, 0.717) is 28.7 Å². The minimum Gasteiger partial charge on any atom is -0.492 e. The van der Waals surface area contributed by atoms with Crippen LogP contribution >= 0.6 is 0 Å². The number of benzene rings is 2. The smallest absolute Gasteiger partial charge is 0.255 e. The minimum atomic E-state index is -3.61. The summed E-state index contributed by atoms with van der Waals surface area (Å²) in [5.41, 5.74) is 10.5. The van der Waals surface area contributed by atoms with Gasteiger partial charge in [0.25, 0.3) is 5.91 Å². The van der Waals surface area contributed by atoms with Crippen molar-refractivity contribution >= 4 is 38.7 Å². The van der Waals surface area contributed by atoms with Crippen LogP contribution < -0.4 is 31.4 Å². The van der Waals surface area contributed by atoms with Crippen LogP contribution in [0.5, 0.6) is 5.75 Å². The monoisotopic (exact) mass is 581 g/mol. The largest absolute Gasteiger partial charge is 0.492 e. The molecule has 4 rings (SSSR count). The van der Waals surface area contributed by atoms with Crippen molar-refractivity contribution in [1.82, 2.24) is 9.55 Å². The third kappa shape index (κ3) is 6.83. The first-order chi connectivity index (χ1) is 19.1. The van der Waals surface area contributed by atoms with E-state index < -0.39 is 15.9 Å². The maximum atomic E-state index is 13.5. The van der Waals surface area contributed by atoms with Gasteiger partial charge in [0.15, 0.2) is 5.75 Å². The lowest BCUT2D eigenvalue weighted by atomic mass is 9.86. The average molecular weight is 582 g/mol. The Balaban J connectivity index is 1.66. The summed E-state index contributed by atoms with van der Waals surface area (Å²) in [6.45, 7) is 9.81. The van der Waals surface area contributed by atoms with Crippen molar-refractivity contribution in [3.63, 3.8) is 0 Å². The summed E-state index contributed by atoms with van der Waals surface area (Å²) in [5.74, 6) is 7.10. The summed E-state index contributed by atoms with van der Waals surface area (Å²) in [6.07, 6.45) is 6.61. The van der Waals surface area contributed by atoms with Crippen LogP contribution in [0.1, 0.15) is 72.7 Å². The summed E-state index contributed by atoms with van der Waals surface area (Å²) in [4.78, 5) is 17.9. The fourth-order valence-electron chi connectivity index (χ4n) is 4.62. The van der Waals surface area contributed by atoms with Gasteiger partial charge in [0.1, 0.15) is 5.82 Å². The first-order valence-corrected chi connectivity index (χ1v) is 15.2. The van der Waals surface area contributed by atoms with E-state index in [4.69, 9.17) is 16.3 Å². The molecule has 0 bridgehead atoms. The SMILES string of the molecule is COc1c(NC(=O)c2ccc(C)c(N(N)/C=C(\N)c3cnc(C)n3C3CC3)c2)cc(C(C)(C)C)cc1NS(C)(=O)=O. The Morgan fingerprint density at radius 3 is 2.41 bits per heavy atom. The van der Waals surface area contributed by atoms with Crippen LogP contribution in [-0.2, 0) is 15.4 Å². The summed E-state index contributed by atoms with van der Waals surface area (Å²) >= 11 is 0. The molecule has 220 valence electrons.